The average molecular weight is 533 g/mol. The van der Waals surface area contributed by atoms with Crippen LogP contribution in [0.4, 0.5) is 17.2 Å². The number of carbonyl (C=O) groups excluding carboxylic acids is 3. The normalized spacial score (nSPS) is 18.0. The summed E-state index contributed by atoms with van der Waals surface area (Å²) >= 11 is 6.05. The van der Waals surface area contributed by atoms with Gasteiger partial charge in [0.05, 0.1) is 23.1 Å². The van der Waals surface area contributed by atoms with Gasteiger partial charge in [0.15, 0.2) is 0 Å². The monoisotopic (exact) mass is 532 g/mol. The predicted octanol–water partition coefficient (Wildman–Crippen LogP) is 3.72. The van der Waals surface area contributed by atoms with E-state index in [1.54, 1.807) is 55.6 Å². The van der Waals surface area contributed by atoms with Crippen LogP contribution >= 0.6 is 11.6 Å². The molecule has 2 aliphatic heterocycles. The SMILES string of the molecule is C[C@@H]1C(=O)Nc2cc(Cl)ccc2C(=O)N1Cc1ccc(C(=O)Nc2ccc(N3CCN(C)CC3)cn2)cc1. The van der Waals surface area contributed by atoms with Gasteiger partial charge in [-0.25, -0.2) is 4.98 Å². The van der Waals surface area contributed by atoms with E-state index in [4.69, 9.17) is 11.6 Å². The summed E-state index contributed by atoms with van der Waals surface area (Å²) in [6.45, 7) is 5.81. The van der Waals surface area contributed by atoms with Crippen molar-refractivity contribution in [3.63, 3.8) is 0 Å². The summed E-state index contributed by atoms with van der Waals surface area (Å²) in [5, 5.41) is 6.05. The third-order valence-corrected chi connectivity index (χ3v) is 7.24. The second-order valence-corrected chi connectivity index (χ2v) is 10.1. The van der Waals surface area contributed by atoms with Crippen LogP contribution in [0.1, 0.15) is 33.2 Å². The lowest BCUT2D eigenvalue weighted by molar-refractivity contribution is -0.120. The van der Waals surface area contributed by atoms with Gasteiger partial charge in [0.25, 0.3) is 11.8 Å². The van der Waals surface area contributed by atoms with Crippen molar-refractivity contribution in [2.45, 2.75) is 19.5 Å². The summed E-state index contributed by atoms with van der Waals surface area (Å²) in [7, 11) is 2.12. The second-order valence-electron chi connectivity index (χ2n) is 9.63. The molecule has 38 heavy (non-hydrogen) atoms. The van der Waals surface area contributed by atoms with E-state index in [2.05, 4.69) is 32.5 Å². The Hall–Kier alpha value is -3.95. The number of hydrogen-bond acceptors (Lipinski definition) is 6. The van der Waals surface area contributed by atoms with Gasteiger partial charge in [-0.3, -0.25) is 14.4 Å². The number of benzene rings is 2. The Morgan fingerprint density at radius 3 is 2.47 bits per heavy atom. The summed E-state index contributed by atoms with van der Waals surface area (Å²) in [6, 6.07) is 14.9. The summed E-state index contributed by atoms with van der Waals surface area (Å²) < 4.78 is 0. The fourth-order valence-corrected chi connectivity index (χ4v) is 4.75. The number of rotatable bonds is 5. The number of amides is 3. The molecule has 3 amide bonds. The third kappa shape index (κ3) is 5.49. The summed E-state index contributed by atoms with van der Waals surface area (Å²) in [5.41, 5.74) is 3.08. The Bertz CT molecular complexity index is 1350. The van der Waals surface area contributed by atoms with Gasteiger partial charge in [0.1, 0.15) is 11.9 Å². The molecule has 0 saturated carbocycles. The van der Waals surface area contributed by atoms with Gasteiger partial charge in [-0.2, -0.15) is 0 Å². The van der Waals surface area contributed by atoms with Gasteiger partial charge in [0, 0.05) is 43.3 Å². The third-order valence-electron chi connectivity index (χ3n) is 7.00. The minimum Gasteiger partial charge on any atom is -0.368 e. The number of halogens is 1. The van der Waals surface area contributed by atoms with E-state index in [1.165, 1.54) is 4.90 Å². The Morgan fingerprint density at radius 2 is 1.79 bits per heavy atom. The van der Waals surface area contributed by atoms with Crippen molar-refractivity contribution in [1.29, 1.82) is 0 Å². The Kier molecular flexibility index (Phi) is 7.31. The van der Waals surface area contributed by atoms with Crippen molar-refractivity contribution in [1.82, 2.24) is 14.8 Å². The molecule has 1 fully saturated rings. The molecule has 0 unspecified atom stereocenters. The number of anilines is 3. The molecule has 0 radical (unpaired) electrons. The minimum atomic E-state index is -0.684. The number of nitrogens with one attached hydrogen (secondary N) is 2. The fourth-order valence-electron chi connectivity index (χ4n) is 4.58. The van der Waals surface area contributed by atoms with Crippen molar-refractivity contribution in [3.8, 4) is 0 Å². The molecular weight excluding hydrogens is 504 g/mol. The van der Waals surface area contributed by atoms with Gasteiger partial charge >= 0.3 is 0 Å². The van der Waals surface area contributed by atoms with Crippen LogP contribution < -0.4 is 15.5 Å². The van der Waals surface area contributed by atoms with Crippen LogP contribution in [-0.2, 0) is 11.3 Å². The van der Waals surface area contributed by atoms with Crippen LogP contribution in [0.2, 0.25) is 5.02 Å². The first-order valence-corrected chi connectivity index (χ1v) is 12.9. The maximum Gasteiger partial charge on any atom is 0.256 e. The molecule has 10 heteroatoms. The molecule has 2 N–H and O–H groups in total. The maximum absolute atomic E-state index is 13.2. The van der Waals surface area contributed by atoms with E-state index >= 15 is 0 Å². The lowest BCUT2D eigenvalue weighted by atomic mass is 10.1. The Balaban J connectivity index is 1.24. The van der Waals surface area contributed by atoms with E-state index in [-0.39, 0.29) is 24.3 Å². The van der Waals surface area contributed by atoms with Crippen LogP contribution in [0.15, 0.2) is 60.8 Å². The largest absolute Gasteiger partial charge is 0.368 e. The number of hydrogen-bond donors (Lipinski definition) is 2. The van der Waals surface area contributed by atoms with Crippen LogP contribution in [0.3, 0.4) is 0 Å². The van der Waals surface area contributed by atoms with Crippen molar-refractivity contribution in [2.24, 2.45) is 0 Å². The van der Waals surface area contributed by atoms with Gasteiger partial charge < -0.3 is 25.3 Å². The minimum absolute atomic E-state index is 0.215. The number of aromatic nitrogens is 1. The molecule has 1 saturated heterocycles. The summed E-state index contributed by atoms with van der Waals surface area (Å²) in [6.07, 6.45) is 1.78. The Labute approximate surface area is 226 Å². The Morgan fingerprint density at radius 1 is 1.05 bits per heavy atom. The van der Waals surface area contributed by atoms with Crippen molar-refractivity contribution < 1.29 is 14.4 Å². The zero-order chi connectivity index (χ0) is 26.8. The number of pyridine rings is 1. The molecular formula is C28H29ClN6O3. The molecule has 0 aliphatic carbocycles. The van der Waals surface area contributed by atoms with E-state index in [0.717, 1.165) is 37.4 Å². The maximum atomic E-state index is 13.2. The second kappa shape index (κ2) is 10.8. The van der Waals surface area contributed by atoms with Crippen LogP contribution in [0.25, 0.3) is 0 Å². The molecule has 0 spiro atoms. The van der Waals surface area contributed by atoms with Gasteiger partial charge in [0.2, 0.25) is 5.91 Å². The first-order valence-electron chi connectivity index (χ1n) is 12.5. The smallest absolute Gasteiger partial charge is 0.256 e. The lowest BCUT2D eigenvalue weighted by Gasteiger charge is -2.33. The van der Waals surface area contributed by atoms with Crippen molar-refractivity contribution in [2.75, 3.05) is 48.8 Å². The molecule has 9 nitrogen and oxygen atoms in total. The lowest BCUT2D eigenvalue weighted by Crippen LogP contribution is -2.44. The fraction of sp³-hybridized carbons (Fsp3) is 0.286. The van der Waals surface area contributed by atoms with Crippen LogP contribution in [0, 0.1) is 0 Å². The number of piperazine rings is 1. The molecule has 2 aromatic carbocycles. The highest BCUT2D eigenvalue weighted by Crippen LogP contribution is 2.27. The van der Waals surface area contributed by atoms with E-state index in [0.29, 0.717) is 27.7 Å². The highest BCUT2D eigenvalue weighted by Gasteiger charge is 2.32. The average Bonchev–Trinajstić information content (AvgIpc) is 3.00. The zero-order valence-electron chi connectivity index (χ0n) is 21.3. The van der Waals surface area contributed by atoms with Crippen molar-refractivity contribution in [3.05, 3.63) is 82.5 Å². The first-order chi connectivity index (χ1) is 18.3. The first kappa shape index (κ1) is 25.7. The molecule has 2 aliphatic rings. The summed E-state index contributed by atoms with van der Waals surface area (Å²) in [5.74, 6) is -0.358. The summed E-state index contributed by atoms with van der Waals surface area (Å²) in [4.78, 5) is 49.2. The number of carbonyl (C=O) groups is 3. The van der Waals surface area contributed by atoms with Crippen LogP contribution in [-0.4, -0.2) is 71.8 Å². The molecule has 196 valence electrons. The van der Waals surface area contributed by atoms with E-state index in [9.17, 15) is 14.4 Å². The van der Waals surface area contributed by atoms with E-state index < -0.39 is 6.04 Å². The quantitative estimate of drug-likeness (QED) is 0.520. The van der Waals surface area contributed by atoms with Gasteiger partial charge in [-0.1, -0.05) is 23.7 Å². The molecule has 0 bridgehead atoms. The van der Waals surface area contributed by atoms with E-state index in [1.807, 2.05) is 12.1 Å². The number of fused-ring (bicyclic) bond motifs is 1. The van der Waals surface area contributed by atoms with Gasteiger partial charge in [-0.15, -0.1) is 0 Å². The zero-order valence-corrected chi connectivity index (χ0v) is 22.0. The van der Waals surface area contributed by atoms with Gasteiger partial charge in [-0.05, 0) is 62.0 Å². The highest BCUT2D eigenvalue weighted by molar-refractivity contribution is 6.31. The highest BCUT2D eigenvalue weighted by atomic mass is 35.5. The number of likely N-dealkylation sites (N-methyl/N-ethyl adjacent to an activating group) is 1. The standard InChI is InChI=1S/C28H29ClN6O3/c1-18-26(36)31-24-15-21(29)7-9-23(24)28(38)35(18)17-19-3-5-20(6-4-19)27(37)32-25-10-8-22(16-30-25)34-13-11-33(2)12-14-34/h3-10,15-16,18H,11-14,17H2,1-2H3,(H,31,36)(H,30,32,37)/t18-/m1/s1. The van der Waals surface area contributed by atoms with Crippen molar-refractivity contribution >= 4 is 46.5 Å². The molecule has 5 rings (SSSR count). The predicted molar refractivity (Wildman–Crippen MR) is 148 cm³/mol. The molecule has 1 aromatic heterocycles. The van der Waals surface area contributed by atoms with Crippen LogP contribution in [0.5, 0.6) is 0 Å². The topological polar surface area (TPSA) is 97.9 Å². The molecule has 3 aromatic rings. The molecule has 3 heterocycles. The number of nitrogens with zero attached hydrogens (tertiary/aromatic N) is 4. The molecule has 1 atom stereocenters.